The Labute approximate surface area is 72.9 Å². The van der Waals surface area contributed by atoms with Gasteiger partial charge >= 0.3 is 15.6 Å². The van der Waals surface area contributed by atoms with Crippen LogP contribution in [-0.2, 0) is 21.0 Å². The molecule has 0 aromatic carbocycles. The van der Waals surface area contributed by atoms with Crippen LogP contribution >= 0.6 is 0 Å². The fraction of sp³-hybridized carbons (Fsp3) is 0.500. The number of nitrogens with zero attached hydrogens (tertiary/aromatic N) is 1. The Morgan fingerprint density at radius 2 is 1.46 bits per heavy atom. The number of alkyl halides is 3. The molecule has 0 saturated heterocycles. The zero-order valence-electron chi connectivity index (χ0n) is 5.72. The van der Waals surface area contributed by atoms with E-state index in [0.717, 1.165) is 0 Å². The summed E-state index contributed by atoms with van der Waals surface area (Å²) in [6, 6.07) is 0. The zero-order chi connectivity index (χ0) is 11.3. The number of thiol groups is 1. The highest BCUT2D eigenvalue weighted by Gasteiger charge is 2.44. The van der Waals surface area contributed by atoms with Gasteiger partial charge in [-0.25, -0.2) is 8.42 Å². The number of halogens is 3. The molecule has 0 amide bonds. The SMILES string of the molecule is C=N[SH](=O)=O.O=S(=O)(O)C(F)(F)F. The fourth-order valence-corrected chi connectivity index (χ4v) is 0. The summed E-state index contributed by atoms with van der Waals surface area (Å²) in [6.07, 6.45) is 0. The van der Waals surface area contributed by atoms with Gasteiger partial charge in [-0.05, 0) is 0 Å². The van der Waals surface area contributed by atoms with Crippen molar-refractivity contribution < 1.29 is 34.6 Å². The molecule has 0 fully saturated rings. The highest BCUT2D eigenvalue weighted by molar-refractivity contribution is 7.86. The first-order chi connectivity index (χ1) is 5.52. The quantitative estimate of drug-likeness (QED) is 0.282. The lowest BCUT2D eigenvalue weighted by Crippen LogP contribution is -2.21. The fourth-order valence-electron chi connectivity index (χ4n) is 0. The summed E-state index contributed by atoms with van der Waals surface area (Å²) in [5.41, 5.74) is -5.53. The van der Waals surface area contributed by atoms with Crippen molar-refractivity contribution in [3.8, 4) is 0 Å². The molecule has 0 spiro atoms. The highest BCUT2D eigenvalue weighted by Crippen LogP contribution is 2.20. The minimum Gasteiger partial charge on any atom is -0.279 e. The van der Waals surface area contributed by atoms with Crippen molar-refractivity contribution in [1.82, 2.24) is 0 Å². The van der Waals surface area contributed by atoms with E-state index in [1.54, 1.807) is 0 Å². The number of rotatable bonds is 1. The van der Waals surface area contributed by atoms with Gasteiger partial charge < -0.3 is 0 Å². The normalized spacial score (nSPS) is 11.8. The highest BCUT2D eigenvalue weighted by atomic mass is 32.2. The lowest BCUT2D eigenvalue weighted by Gasteiger charge is -1.97. The van der Waals surface area contributed by atoms with Crippen LogP contribution in [0.4, 0.5) is 13.2 Å². The zero-order valence-corrected chi connectivity index (χ0v) is 7.43. The van der Waals surface area contributed by atoms with Crippen molar-refractivity contribution in [2.75, 3.05) is 0 Å². The summed E-state index contributed by atoms with van der Waals surface area (Å²) >= 11 is 0. The first-order valence-electron chi connectivity index (χ1n) is 2.17. The van der Waals surface area contributed by atoms with Gasteiger partial charge in [0.2, 0.25) is 10.9 Å². The Bertz CT molecular complexity index is 318. The third-order valence-corrected chi connectivity index (χ3v) is 1.22. The summed E-state index contributed by atoms with van der Waals surface area (Å²) in [5.74, 6) is 0. The van der Waals surface area contributed by atoms with E-state index in [1.807, 2.05) is 0 Å². The molecule has 0 aliphatic heterocycles. The summed E-state index contributed by atoms with van der Waals surface area (Å²) in [7, 11) is -8.42. The van der Waals surface area contributed by atoms with Crippen molar-refractivity contribution in [3.05, 3.63) is 0 Å². The second kappa shape index (κ2) is 5.14. The molecule has 0 bridgehead atoms. The van der Waals surface area contributed by atoms with E-state index in [9.17, 15) is 21.6 Å². The smallest absolute Gasteiger partial charge is 0.279 e. The van der Waals surface area contributed by atoms with Gasteiger partial charge in [0, 0.05) is 6.72 Å². The third kappa shape index (κ3) is 9.23. The molecule has 1 N–H and O–H groups in total. The minimum absolute atomic E-state index is 2.58. The molecular weight excluding hydrogens is 239 g/mol. The van der Waals surface area contributed by atoms with Crippen LogP contribution in [0.5, 0.6) is 0 Å². The standard InChI is InChI=1S/CHF3O3S.CH3NO2S/c2-1(3,4)8(5,6)7;1-2-5(3)4/h(H,5,6,7);5H,1H2. The van der Waals surface area contributed by atoms with E-state index < -0.39 is 26.5 Å². The minimum atomic E-state index is -5.84. The molecule has 0 radical (unpaired) electrons. The van der Waals surface area contributed by atoms with Crippen molar-refractivity contribution in [1.29, 1.82) is 0 Å². The average molecular weight is 243 g/mol. The molecule has 0 saturated carbocycles. The maximum atomic E-state index is 10.7. The van der Waals surface area contributed by atoms with Crippen molar-refractivity contribution in [2.45, 2.75) is 5.51 Å². The molecule has 13 heavy (non-hydrogen) atoms. The third-order valence-electron chi connectivity index (χ3n) is 0.408. The second-order valence-electron chi connectivity index (χ2n) is 1.30. The van der Waals surface area contributed by atoms with Gasteiger partial charge in [0.1, 0.15) is 0 Å². The maximum absolute atomic E-state index is 10.7. The molecule has 0 aromatic rings. The summed E-state index contributed by atoms with van der Waals surface area (Å²) in [6.45, 7) is 2.71. The van der Waals surface area contributed by atoms with Crippen LogP contribution in [0.1, 0.15) is 0 Å². The number of hydrogen-bond acceptors (Lipinski definition) is 4. The molecule has 6 nitrogen and oxygen atoms in total. The van der Waals surface area contributed by atoms with Gasteiger partial charge in [-0.1, -0.05) is 0 Å². The molecular formula is C2H4F3NO5S2. The van der Waals surface area contributed by atoms with Crippen LogP contribution in [0.2, 0.25) is 0 Å². The van der Waals surface area contributed by atoms with Crippen molar-refractivity contribution >= 4 is 27.7 Å². The summed E-state index contributed by atoms with van der Waals surface area (Å²) in [4.78, 5) is 0. The molecule has 0 unspecified atom stereocenters. The van der Waals surface area contributed by atoms with Gasteiger partial charge in [0.15, 0.2) is 0 Å². The Hall–Kier alpha value is -0.680. The summed E-state index contributed by atoms with van der Waals surface area (Å²) < 4.78 is 78.5. The topological polar surface area (TPSA) is 101 Å². The van der Waals surface area contributed by atoms with E-state index >= 15 is 0 Å². The van der Waals surface area contributed by atoms with E-state index in [-0.39, 0.29) is 0 Å². The molecule has 0 atom stereocenters. The lowest BCUT2D eigenvalue weighted by molar-refractivity contribution is -0.0510. The van der Waals surface area contributed by atoms with E-state index in [1.165, 1.54) is 0 Å². The van der Waals surface area contributed by atoms with Gasteiger partial charge in [0.25, 0.3) is 0 Å². The van der Waals surface area contributed by atoms with E-state index in [2.05, 4.69) is 11.1 Å². The van der Waals surface area contributed by atoms with Gasteiger partial charge in [-0.15, -0.1) is 0 Å². The second-order valence-corrected chi connectivity index (χ2v) is 3.47. The van der Waals surface area contributed by atoms with Gasteiger partial charge in [-0.2, -0.15) is 26.0 Å². The van der Waals surface area contributed by atoms with Crippen LogP contribution < -0.4 is 0 Å². The number of hydrogen-bond donors (Lipinski definition) is 2. The molecule has 80 valence electrons. The van der Waals surface area contributed by atoms with E-state index in [0.29, 0.717) is 0 Å². The van der Waals surface area contributed by atoms with E-state index in [4.69, 9.17) is 13.0 Å². The first-order valence-corrected chi connectivity index (χ1v) is 4.74. The average Bonchev–Trinajstić information content (AvgIpc) is 1.84. The van der Waals surface area contributed by atoms with Crippen LogP contribution in [0, 0.1) is 0 Å². The van der Waals surface area contributed by atoms with Crippen molar-refractivity contribution in [3.63, 3.8) is 0 Å². The van der Waals surface area contributed by atoms with Crippen molar-refractivity contribution in [2.24, 2.45) is 4.40 Å². The molecule has 0 heterocycles. The monoisotopic (exact) mass is 243 g/mol. The molecule has 11 heteroatoms. The van der Waals surface area contributed by atoms with Crippen LogP contribution in [0.3, 0.4) is 0 Å². The Morgan fingerprint density at radius 1 is 1.31 bits per heavy atom. The van der Waals surface area contributed by atoms with Gasteiger partial charge in [-0.3, -0.25) is 4.55 Å². The Morgan fingerprint density at radius 3 is 1.46 bits per heavy atom. The van der Waals surface area contributed by atoms with Gasteiger partial charge in [0.05, 0.1) is 0 Å². The predicted molar refractivity (Wildman–Crippen MR) is 37.5 cm³/mol. The Balaban J connectivity index is 0. The lowest BCUT2D eigenvalue weighted by atomic mass is 11.6. The first kappa shape index (κ1) is 14.8. The van der Waals surface area contributed by atoms with Crippen LogP contribution in [0.25, 0.3) is 0 Å². The van der Waals surface area contributed by atoms with Crippen LogP contribution in [-0.4, -0.2) is 33.6 Å². The summed E-state index contributed by atoms with van der Waals surface area (Å²) in [5, 5.41) is 0. The molecule has 0 aliphatic rings. The van der Waals surface area contributed by atoms with Crippen LogP contribution in [0.15, 0.2) is 4.40 Å². The maximum Gasteiger partial charge on any atom is 0.522 e. The Kier molecular flexibility index (Phi) is 5.86. The predicted octanol–water partition coefficient (Wildman–Crippen LogP) is -0.393. The molecule has 0 aromatic heterocycles. The molecule has 0 rings (SSSR count). The molecule has 0 aliphatic carbocycles. The largest absolute Gasteiger partial charge is 0.522 e.